The van der Waals surface area contributed by atoms with E-state index in [1.165, 1.54) is 4.90 Å². The van der Waals surface area contributed by atoms with Gasteiger partial charge >= 0.3 is 5.97 Å². The average molecular weight is 278 g/mol. The second kappa shape index (κ2) is 5.07. The van der Waals surface area contributed by atoms with E-state index in [0.29, 0.717) is 18.8 Å². The quantitative estimate of drug-likeness (QED) is 0.872. The molecule has 108 valence electrons. The van der Waals surface area contributed by atoms with Crippen molar-refractivity contribution in [1.29, 1.82) is 0 Å². The van der Waals surface area contributed by atoms with Crippen molar-refractivity contribution in [2.75, 3.05) is 25.5 Å². The number of aromatic nitrogens is 2. The first-order valence-electron chi connectivity index (χ1n) is 6.42. The molecule has 0 spiro atoms. The summed E-state index contributed by atoms with van der Waals surface area (Å²) in [7, 11) is 3.28. The Hall–Kier alpha value is -2.18. The van der Waals surface area contributed by atoms with Gasteiger partial charge in [-0.1, -0.05) is 0 Å². The molecule has 0 aliphatic carbocycles. The molecule has 7 heteroatoms. The van der Waals surface area contributed by atoms with Crippen LogP contribution in [0, 0.1) is 0 Å². The minimum Gasteiger partial charge on any atom is -0.480 e. The maximum Gasteiger partial charge on any atom is 0.329 e. The minimum atomic E-state index is -0.957. The van der Waals surface area contributed by atoms with E-state index in [0.717, 1.165) is 6.42 Å². The SMILES string of the molecule is CN(C)C(=O)c1ccc(N2CCCC2(C)C(=O)O)nn1. The highest BCUT2D eigenvalue weighted by atomic mass is 16.4. The normalized spacial score (nSPS) is 21.9. The Morgan fingerprint density at radius 1 is 1.35 bits per heavy atom. The first-order valence-corrected chi connectivity index (χ1v) is 6.42. The summed E-state index contributed by atoms with van der Waals surface area (Å²) in [5, 5.41) is 17.3. The van der Waals surface area contributed by atoms with E-state index in [4.69, 9.17) is 0 Å². The molecule has 0 aromatic carbocycles. The minimum absolute atomic E-state index is 0.230. The molecule has 1 fully saturated rings. The Kier molecular flexibility index (Phi) is 3.61. The summed E-state index contributed by atoms with van der Waals surface area (Å²) in [4.78, 5) is 26.3. The summed E-state index contributed by atoms with van der Waals surface area (Å²) in [6.45, 7) is 2.31. The fourth-order valence-electron chi connectivity index (χ4n) is 2.37. The van der Waals surface area contributed by atoms with Crippen LogP contribution in [-0.2, 0) is 4.79 Å². The van der Waals surface area contributed by atoms with Crippen molar-refractivity contribution in [2.45, 2.75) is 25.3 Å². The number of anilines is 1. The van der Waals surface area contributed by atoms with Crippen LogP contribution in [0.4, 0.5) is 5.82 Å². The molecule has 1 aliphatic heterocycles. The van der Waals surface area contributed by atoms with Crippen LogP contribution in [0.1, 0.15) is 30.3 Å². The van der Waals surface area contributed by atoms with E-state index in [1.54, 1.807) is 38.1 Å². The second-order valence-corrected chi connectivity index (χ2v) is 5.31. The van der Waals surface area contributed by atoms with Gasteiger partial charge in [-0.15, -0.1) is 10.2 Å². The lowest BCUT2D eigenvalue weighted by molar-refractivity contribution is -0.142. The van der Waals surface area contributed by atoms with Crippen LogP contribution in [0.2, 0.25) is 0 Å². The fraction of sp³-hybridized carbons (Fsp3) is 0.538. The van der Waals surface area contributed by atoms with E-state index in [-0.39, 0.29) is 11.6 Å². The number of nitrogens with zero attached hydrogens (tertiary/aromatic N) is 4. The van der Waals surface area contributed by atoms with Gasteiger partial charge in [0.15, 0.2) is 11.5 Å². The van der Waals surface area contributed by atoms with Gasteiger partial charge in [0.2, 0.25) is 0 Å². The highest BCUT2D eigenvalue weighted by molar-refractivity contribution is 5.92. The van der Waals surface area contributed by atoms with E-state index in [9.17, 15) is 14.7 Å². The van der Waals surface area contributed by atoms with Crippen molar-refractivity contribution < 1.29 is 14.7 Å². The number of carboxylic acid groups (broad SMARTS) is 1. The van der Waals surface area contributed by atoms with E-state index < -0.39 is 11.5 Å². The van der Waals surface area contributed by atoms with Crippen molar-refractivity contribution in [1.82, 2.24) is 15.1 Å². The van der Waals surface area contributed by atoms with E-state index in [1.807, 2.05) is 0 Å². The molecular formula is C13H18N4O3. The van der Waals surface area contributed by atoms with Gasteiger partial charge in [0.1, 0.15) is 5.54 Å². The van der Waals surface area contributed by atoms with Crippen LogP contribution in [0.5, 0.6) is 0 Å². The predicted molar refractivity (Wildman–Crippen MR) is 72.7 cm³/mol. The van der Waals surface area contributed by atoms with Gasteiger partial charge in [-0.05, 0) is 31.9 Å². The number of carbonyl (C=O) groups excluding carboxylic acids is 1. The number of aliphatic carboxylic acids is 1. The maximum atomic E-state index is 11.7. The monoisotopic (exact) mass is 278 g/mol. The third kappa shape index (κ3) is 2.31. The molecule has 1 saturated heterocycles. The molecule has 1 aliphatic rings. The Morgan fingerprint density at radius 3 is 2.55 bits per heavy atom. The molecule has 1 aromatic heterocycles. The van der Waals surface area contributed by atoms with Gasteiger partial charge in [0.05, 0.1) is 0 Å². The van der Waals surface area contributed by atoms with Crippen LogP contribution in [0.3, 0.4) is 0 Å². The summed E-state index contributed by atoms with van der Waals surface area (Å²) in [5.41, 5.74) is -0.711. The number of amides is 1. The van der Waals surface area contributed by atoms with Gasteiger partial charge in [-0.3, -0.25) is 4.79 Å². The zero-order valence-electron chi connectivity index (χ0n) is 11.8. The molecule has 1 amide bonds. The lowest BCUT2D eigenvalue weighted by Crippen LogP contribution is -2.48. The number of rotatable bonds is 3. The molecular weight excluding hydrogens is 260 g/mol. The smallest absolute Gasteiger partial charge is 0.329 e. The molecule has 0 radical (unpaired) electrons. The number of carboxylic acids is 1. The lowest BCUT2D eigenvalue weighted by atomic mass is 9.99. The molecule has 1 N–H and O–H groups in total. The second-order valence-electron chi connectivity index (χ2n) is 5.31. The van der Waals surface area contributed by atoms with Crippen LogP contribution in [-0.4, -0.2) is 58.3 Å². The number of hydrogen-bond acceptors (Lipinski definition) is 5. The molecule has 1 unspecified atom stereocenters. The number of carbonyl (C=O) groups is 2. The summed E-state index contributed by atoms with van der Waals surface area (Å²) in [6.07, 6.45) is 1.37. The topological polar surface area (TPSA) is 86.6 Å². The lowest BCUT2D eigenvalue weighted by Gasteiger charge is -2.31. The predicted octanol–water partition coefficient (Wildman–Crippen LogP) is 0.622. The maximum absolute atomic E-state index is 11.7. The summed E-state index contributed by atoms with van der Waals surface area (Å²) in [6, 6.07) is 3.22. The molecule has 2 heterocycles. The van der Waals surface area contributed by atoms with Crippen molar-refractivity contribution in [2.24, 2.45) is 0 Å². The molecule has 1 aromatic rings. The Bertz CT molecular complexity index is 529. The van der Waals surface area contributed by atoms with Crippen LogP contribution >= 0.6 is 0 Å². The van der Waals surface area contributed by atoms with Crippen molar-refractivity contribution >= 4 is 17.7 Å². The highest BCUT2D eigenvalue weighted by Gasteiger charge is 2.44. The third-order valence-electron chi connectivity index (χ3n) is 3.65. The van der Waals surface area contributed by atoms with Gasteiger partial charge in [-0.25, -0.2) is 4.79 Å². The van der Waals surface area contributed by atoms with Crippen molar-refractivity contribution in [3.8, 4) is 0 Å². The van der Waals surface area contributed by atoms with E-state index >= 15 is 0 Å². The standard InChI is InChI=1S/C13H18N4O3/c1-13(12(19)20)7-4-8-17(13)10-6-5-9(14-15-10)11(18)16(2)3/h5-6H,4,7-8H2,1-3H3,(H,19,20). The molecule has 20 heavy (non-hydrogen) atoms. The van der Waals surface area contributed by atoms with Crippen LogP contribution in [0.15, 0.2) is 12.1 Å². The zero-order valence-corrected chi connectivity index (χ0v) is 11.8. The van der Waals surface area contributed by atoms with E-state index in [2.05, 4.69) is 10.2 Å². The molecule has 0 saturated carbocycles. The zero-order chi connectivity index (χ0) is 14.9. The van der Waals surface area contributed by atoms with Gasteiger partial charge in [0, 0.05) is 20.6 Å². The van der Waals surface area contributed by atoms with Crippen molar-refractivity contribution in [3.05, 3.63) is 17.8 Å². The fourth-order valence-corrected chi connectivity index (χ4v) is 2.37. The average Bonchev–Trinajstić information content (AvgIpc) is 2.81. The third-order valence-corrected chi connectivity index (χ3v) is 3.65. The summed E-state index contributed by atoms with van der Waals surface area (Å²) >= 11 is 0. The molecule has 0 bridgehead atoms. The number of hydrogen-bond donors (Lipinski definition) is 1. The highest BCUT2D eigenvalue weighted by Crippen LogP contribution is 2.32. The Balaban J connectivity index is 2.26. The first-order chi connectivity index (χ1) is 9.36. The van der Waals surface area contributed by atoms with Gasteiger partial charge < -0.3 is 14.9 Å². The Labute approximate surface area is 117 Å². The largest absolute Gasteiger partial charge is 0.480 e. The summed E-state index contributed by atoms with van der Waals surface area (Å²) in [5.74, 6) is -0.612. The summed E-state index contributed by atoms with van der Waals surface area (Å²) < 4.78 is 0. The first kappa shape index (κ1) is 14.2. The van der Waals surface area contributed by atoms with Crippen LogP contribution in [0.25, 0.3) is 0 Å². The van der Waals surface area contributed by atoms with Gasteiger partial charge in [0.25, 0.3) is 5.91 Å². The molecule has 7 nitrogen and oxygen atoms in total. The van der Waals surface area contributed by atoms with Crippen molar-refractivity contribution in [3.63, 3.8) is 0 Å². The molecule has 1 atom stereocenters. The Morgan fingerprint density at radius 2 is 2.05 bits per heavy atom. The van der Waals surface area contributed by atoms with Gasteiger partial charge in [-0.2, -0.15) is 0 Å². The molecule has 2 rings (SSSR count). The van der Waals surface area contributed by atoms with Crippen LogP contribution < -0.4 is 4.90 Å².